The number of hydrogen-bond acceptors (Lipinski definition) is 4. The number of ketones is 1. The molecule has 0 spiro atoms. The Balaban J connectivity index is 1.79. The molecule has 0 unspecified atom stereocenters. The monoisotopic (exact) mass is 418 g/mol. The van der Waals surface area contributed by atoms with E-state index in [0.29, 0.717) is 21.2 Å². The third-order valence-corrected chi connectivity index (χ3v) is 6.88. The third kappa shape index (κ3) is 3.13. The van der Waals surface area contributed by atoms with Gasteiger partial charge in [0, 0.05) is 21.7 Å². The van der Waals surface area contributed by atoms with Gasteiger partial charge >= 0.3 is 0 Å². The molecular formula is C24H19ClN2OS. The zero-order chi connectivity index (χ0) is 20.0. The zero-order valence-corrected chi connectivity index (χ0v) is 17.3. The fraction of sp³-hybridized carbons (Fsp3) is 0.167. The van der Waals surface area contributed by atoms with E-state index in [9.17, 15) is 4.79 Å². The minimum atomic E-state index is -0.0499. The molecule has 5 rings (SSSR count). The molecule has 2 heterocycles. The van der Waals surface area contributed by atoms with Crippen molar-refractivity contribution in [2.45, 2.75) is 25.7 Å². The first-order valence-electron chi connectivity index (χ1n) is 9.73. The van der Waals surface area contributed by atoms with Gasteiger partial charge in [0.25, 0.3) is 0 Å². The minimum Gasteiger partial charge on any atom is -0.397 e. The van der Waals surface area contributed by atoms with E-state index in [-0.39, 0.29) is 5.78 Å². The molecule has 0 bridgehead atoms. The van der Waals surface area contributed by atoms with Gasteiger partial charge in [0.15, 0.2) is 0 Å². The van der Waals surface area contributed by atoms with Gasteiger partial charge in [0.1, 0.15) is 9.71 Å². The molecule has 0 fully saturated rings. The van der Waals surface area contributed by atoms with Crippen LogP contribution in [0.3, 0.4) is 0 Å². The third-order valence-electron chi connectivity index (χ3n) is 5.53. The van der Waals surface area contributed by atoms with Crippen LogP contribution in [0.1, 0.15) is 39.3 Å². The van der Waals surface area contributed by atoms with Crippen LogP contribution in [0.25, 0.3) is 21.3 Å². The number of aryl methyl sites for hydroxylation is 1. The van der Waals surface area contributed by atoms with E-state index in [0.717, 1.165) is 52.7 Å². The molecule has 0 atom stereocenters. The summed E-state index contributed by atoms with van der Waals surface area (Å²) in [5, 5.41) is 1.60. The summed E-state index contributed by atoms with van der Waals surface area (Å²) in [6, 6.07) is 17.1. The quantitative estimate of drug-likeness (QED) is 0.396. The van der Waals surface area contributed by atoms with Crippen LogP contribution in [0.5, 0.6) is 0 Å². The molecule has 0 amide bonds. The molecule has 0 saturated carbocycles. The number of fused-ring (bicyclic) bond motifs is 2. The fourth-order valence-electron chi connectivity index (χ4n) is 4.13. The van der Waals surface area contributed by atoms with Crippen LogP contribution < -0.4 is 5.73 Å². The van der Waals surface area contributed by atoms with E-state index in [1.165, 1.54) is 16.9 Å². The highest BCUT2D eigenvalue weighted by atomic mass is 35.5. The van der Waals surface area contributed by atoms with E-state index in [2.05, 4.69) is 0 Å². The van der Waals surface area contributed by atoms with Gasteiger partial charge in [-0.05, 0) is 54.5 Å². The van der Waals surface area contributed by atoms with Crippen molar-refractivity contribution in [3.63, 3.8) is 0 Å². The molecular weight excluding hydrogens is 400 g/mol. The maximum absolute atomic E-state index is 13.1. The average molecular weight is 419 g/mol. The molecule has 0 saturated heterocycles. The van der Waals surface area contributed by atoms with Gasteiger partial charge in [-0.3, -0.25) is 4.79 Å². The molecule has 2 aromatic carbocycles. The summed E-state index contributed by atoms with van der Waals surface area (Å²) < 4.78 is 0. The first-order chi connectivity index (χ1) is 14.1. The molecule has 4 aromatic rings. The molecule has 0 aliphatic heterocycles. The average Bonchev–Trinajstić information content (AvgIpc) is 3.09. The molecule has 1 aliphatic rings. The Morgan fingerprint density at radius 3 is 2.48 bits per heavy atom. The largest absolute Gasteiger partial charge is 0.397 e. The number of carbonyl (C=O) groups is 1. The van der Waals surface area contributed by atoms with E-state index in [4.69, 9.17) is 22.3 Å². The molecule has 5 heteroatoms. The Morgan fingerprint density at radius 1 is 1.00 bits per heavy atom. The number of rotatable bonds is 3. The van der Waals surface area contributed by atoms with Crippen molar-refractivity contribution in [1.82, 2.24) is 4.98 Å². The van der Waals surface area contributed by atoms with E-state index in [1.807, 2.05) is 54.6 Å². The number of benzene rings is 2. The predicted molar refractivity (Wildman–Crippen MR) is 121 cm³/mol. The number of hydrogen-bond donors (Lipinski definition) is 1. The Bertz CT molecular complexity index is 1230. The number of nitrogen functional groups attached to an aromatic ring is 1. The fourth-order valence-corrected chi connectivity index (χ4v) is 5.34. The lowest BCUT2D eigenvalue weighted by Gasteiger charge is -2.20. The number of nitrogens with two attached hydrogens (primary N) is 1. The maximum Gasteiger partial charge on any atom is 0.205 e. The second-order valence-electron chi connectivity index (χ2n) is 7.35. The topological polar surface area (TPSA) is 56.0 Å². The highest BCUT2D eigenvalue weighted by molar-refractivity contribution is 7.21. The Kier molecular flexibility index (Phi) is 4.61. The van der Waals surface area contributed by atoms with Crippen LogP contribution in [0.2, 0.25) is 5.02 Å². The highest BCUT2D eigenvalue weighted by Crippen LogP contribution is 2.44. The van der Waals surface area contributed by atoms with E-state index < -0.39 is 0 Å². The summed E-state index contributed by atoms with van der Waals surface area (Å²) in [5.74, 6) is -0.0499. The number of anilines is 1. The van der Waals surface area contributed by atoms with Crippen LogP contribution in [-0.4, -0.2) is 10.8 Å². The van der Waals surface area contributed by atoms with Gasteiger partial charge in [-0.1, -0.05) is 54.1 Å². The highest BCUT2D eigenvalue weighted by Gasteiger charge is 2.26. The lowest BCUT2D eigenvalue weighted by Crippen LogP contribution is -2.08. The van der Waals surface area contributed by atoms with Crippen molar-refractivity contribution in [3.8, 4) is 11.1 Å². The number of halogens is 1. The van der Waals surface area contributed by atoms with Crippen molar-refractivity contribution in [3.05, 3.63) is 81.3 Å². The summed E-state index contributed by atoms with van der Waals surface area (Å²) >= 11 is 7.53. The first-order valence-corrected chi connectivity index (χ1v) is 10.9. The summed E-state index contributed by atoms with van der Waals surface area (Å²) in [7, 11) is 0. The molecule has 2 N–H and O–H groups in total. The van der Waals surface area contributed by atoms with Gasteiger partial charge in [-0.2, -0.15) is 0 Å². The standard InChI is InChI=1S/C24H19ClN2OS/c25-16-12-10-14(11-13-16)19-17-8-4-5-9-18(17)27-24-20(19)21(26)23(29-24)22(28)15-6-2-1-3-7-15/h1-3,6-7,10-13H,4-5,8-9,26H2. The number of pyridine rings is 1. The second kappa shape index (κ2) is 7.29. The van der Waals surface area contributed by atoms with Crippen molar-refractivity contribution in [2.75, 3.05) is 5.73 Å². The van der Waals surface area contributed by atoms with Crippen LogP contribution in [0.15, 0.2) is 54.6 Å². The smallest absolute Gasteiger partial charge is 0.205 e. The Labute approximate surface area is 178 Å². The molecule has 1 aliphatic carbocycles. The van der Waals surface area contributed by atoms with Crippen molar-refractivity contribution in [2.24, 2.45) is 0 Å². The van der Waals surface area contributed by atoms with Gasteiger partial charge in [-0.15, -0.1) is 11.3 Å². The molecule has 29 heavy (non-hydrogen) atoms. The molecule has 2 aromatic heterocycles. The van der Waals surface area contributed by atoms with Crippen LogP contribution >= 0.6 is 22.9 Å². The summed E-state index contributed by atoms with van der Waals surface area (Å²) in [5.41, 5.74) is 12.4. The van der Waals surface area contributed by atoms with Crippen molar-refractivity contribution >= 4 is 44.6 Å². The SMILES string of the molecule is Nc1c(C(=O)c2ccccc2)sc2nc3c(c(-c4ccc(Cl)cc4)c12)CCCC3. The molecule has 144 valence electrons. The summed E-state index contributed by atoms with van der Waals surface area (Å²) in [6.45, 7) is 0. The maximum atomic E-state index is 13.1. The minimum absolute atomic E-state index is 0.0499. The van der Waals surface area contributed by atoms with E-state index >= 15 is 0 Å². The molecule has 3 nitrogen and oxygen atoms in total. The van der Waals surface area contributed by atoms with Gasteiger partial charge < -0.3 is 5.73 Å². The number of carbonyl (C=O) groups excluding carboxylic acids is 1. The second-order valence-corrected chi connectivity index (χ2v) is 8.78. The van der Waals surface area contributed by atoms with Crippen LogP contribution in [0.4, 0.5) is 5.69 Å². The number of aromatic nitrogens is 1. The summed E-state index contributed by atoms with van der Waals surface area (Å²) in [6.07, 6.45) is 4.22. The Hall–Kier alpha value is -2.69. The van der Waals surface area contributed by atoms with E-state index in [1.54, 1.807) is 0 Å². The molecule has 0 radical (unpaired) electrons. The van der Waals surface area contributed by atoms with Crippen LogP contribution in [0, 0.1) is 0 Å². The normalized spacial score (nSPS) is 13.4. The number of thiophene rings is 1. The van der Waals surface area contributed by atoms with Crippen LogP contribution in [-0.2, 0) is 12.8 Å². The number of nitrogens with zero attached hydrogens (tertiary/aromatic N) is 1. The van der Waals surface area contributed by atoms with Crippen molar-refractivity contribution < 1.29 is 4.79 Å². The van der Waals surface area contributed by atoms with Gasteiger partial charge in [0.2, 0.25) is 5.78 Å². The Morgan fingerprint density at radius 2 is 1.72 bits per heavy atom. The summed E-state index contributed by atoms with van der Waals surface area (Å²) in [4.78, 5) is 19.5. The first kappa shape index (κ1) is 18.3. The lowest BCUT2D eigenvalue weighted by atomic mass is 9.87. The lowest BCUT2D eigenvalue weighted by molar-refractivity contribution is 0.104. The van der Waals surface area contributed by atoms with Gasteiger partial charge in [0.05, 0.1) is 5.69 Å². The zero-order valence-electron chi connectivity index (χ0n) is 15.7. The van der Waals surface area contributed by atoms with Crippen molar-refractivity contribution in [1.29, 1.82) is 0 Å². The predicted octanol–water partition coefficient (Wildman–Crippen LogP) is 6.31. The van der Waals surface area contributed by atoms with Gasteiger partial charge in [-0.25, -0.2) is 4.98 Å².